The molecule has 4 heteroatoms. The second-order valence-electron chi connectivity index (χ2n) is 13.5. The van der Waals surface area contributed by atoms with Gasteiger partial charge in [0.05, 0.1) is 22.8 Å². The quantitative estimate of drug-likeness (QED) is 0.203. The van der Waals surface area contributed by atoms with E-state index in [9.17, 15) is 0 Å². The molecular formula is C47H31N3S. The minimum absolute atomic E-state index is 0.0577. The summed E-state index contributed by atoms with van der Waals surface area (Å²) in [6.07, 6.45) is 10.4. The molecule has 4 aliphatic rings. The third-order valence-electron chi connectivity index (χ3n) is 11.1. The van der Waals surface area contributed by atoms with Gasteiger partial charge < -0.3 is 10.2 Å². The number of benzene rings is 6. The van der Waals surface area contributed by atoms with Crippen LogP contribution in [0.4, 0.5) is 17.1 Å². The molecule has 0 amide bonds. The van der Waals surface area contributed by atoms with Crippen molar-refractivity contribution in [3.63, 3.8) is 0 Å². The Morgan fingerprint density at radius 3 is 2.20 bits per heavy atom. The molecule has 3 nitrogen and oxygen atoms in total. The van der Waals surface area contributed by atoms with Crippen LogP contribution in [0.25, 0.3) is 33.4 Å². The molecular weight excluding hydrogens is 639 g/mol. The predicted octanol–water partition coefficient (Wildman–Crippen LogP) is 11.8. The van der Waals surface area contributed by atoms with Crippen LogP contribution in [0.1, 0.15) is 28.3 Å². The van der Waals surface area contributed by atoms with E-state index in [1.54, 1.807) is 0 Å². The van der Waals surface area contributed by atoms with Gasteiger partial charge in [0.25, 0.3) is 0 Å². The Morgan fingerprint density at radius 2 is 1.33 bits per heavy atom. The molecule has 6 aromatic carbocycles. The van der Waals surface area contributed by atoms with Crippen molar-refractivity contribution in [2.45, 2.75) is 21.2 Å². The molecule has 11 rings (SSSR count). The predicted molar refractivity (Wildman–Crippen MR) is 209 cm³/mol. The molecule has 240 valence electrons. The van der Waals surface area contributed by atoms with Gasteiger partial charge >= 0.3 is 0 Å². The fourth-order valence-corrected chi connectivity index (χ4v) is 10.3. The molecule has 1 aromatic heterocycles. The topological polar surface area (TPSA) is 28.2 Å². The summed E-state index contributed by atoms with van der Waals surface area (Å²) >= 11 is 1.91. The number of dihydropyridines is 1. The molecule has 51 heavy (non-hydrogen) atoms. The highest BCUT2D eigenvalue weighted by molar-refractivity contribution is 8.00. The van der Waals surface area contributed by atoms with Crippen LogP contribution in [0.5, 0.6) is 0 Å². The van der Waals surface area contributed by atoms with Crippen molar-refractivity contribution >= 4 is 28.8 Å². The molecule has 0 fully saturated rings. The van der Waals surface area contributed by atoms with Crippen LogP contribution >= 0.6 is 11.8 Å². The van der Waals surface area contributed by atoms with E-state index in [0.717, 1.165) is 0 Å². The van der Waals surface area contributed by atoms with Gasteiger partial charge in [0.15, 0.2) is 0 Å². The molecule has 2 aliphatic carbocycles. The summed E-state index contributed by atoms with van der Waals surface area (Å²) in [4.78, 5) is 9.30. The maximum Gasteiger partial charge on any atom is 0.0743 e. The number of hydrogen-bond acceptors (Lipinski definition) is 4. The lowest BCUT2D eigenvalue weighted by Gasteiger charge is -2.36. The summed E-state index contributed by atoms with van der Waals surface area (Å²) in [6, 6.07) is 53.7. The summed E-state index contributed by atoms with van der Waals surface area (Å²) in [6.45, 7) is 0. The molecule has 0 bridgehead atoms. The van der Waals surface area contributed by atoms with E-state index in [0.29, 0.717) is 0 Å². The van der Waals surface area contributed by atoms with Crippen LogP contribution in [0.2, 0.25) is 0 Å². The normalized spacial score (nSPS) is 18.5. The summed E-state index contributed by atoms with van der Waals surface area (Å²) in [5, 5.41) is 3.81. The average molecular weight is 670 g/mol. The smallest absolute Gasteiger partial charge is 0.0743 e. The van der Waals surface area contributed by atoms with Gasteiger partial charge in [-0.05, 0) is 116 Å². The van der Waals surface area contributed by atoms with Gasteiger partial charge in [0.1, 0.15) is 0 Å². The number of nitrogens with one attached hydrogen (secondary N) is 1. The average Bonchev–Trinajstić information content (AvgIpc) is 3.68. The first-order chi connectivity index (χ1) is 25.3. The Kier molecular flexibility index (Phi) is 6.16. The maximum absolute atomic E-state index is 4.28. The minimum Gasteiger partial charge on any atom is -0.380 e. The van der Waals surface area contributed by atoms with Gasteiger partial charge in [-0.2, -0.15) is 0 Å². The Morgan fingerprint density at radius 1 is 0.608 bits per heavy atom. The van der Waals surface area contributed by atoms with Gasteiger partial charge in [-0.15, -0.1) is 0 Å². The van der Waals surface area contributed by atoms with Crippen molar-refractivity contribution in [3.05, 3.63) is 204 Å². The molecule has 1 spiro atoms. The van der Waals surface area contributed by atoms with Crippen molar-refractivity contribution < 1.29 is 0 Å². The van der Waals surface area contributed by atoms with Crippen molar-refractivity contribution in [3.8, 4) is 33.4 Å². The van der Waals surface area contributed by atoms with E-state index in [1.807, 2.05) is 24.2 Å². The fraction of sp³-hybridized carbons (Fsp3) is 0.0426. The Bertz CT molecular complexity index is 2610. The zero-order valence-corrected chi connectivity index (χ0v) is 28.4. The number of anilines is 3. The number of allylic oxidation sites excluding steroid dienone is 2. The van der Waals surface area contributed by atoms with Gasteiger partial charge in [-0.25, -0.2) is 0 Å². The Balaban J connectivity index is 1.16. The van der Waals surface area contributed by atoms with Gasteiger partial charge in [-0.1, -0.05) is 115 Å². The molecule has 0 radical (unpaired) electrons. The second-order valence-corrected chi connectivity index (χ2v) is 14.6. The monoisotopic (exact) mass is 669 g/mol. The van der Waals surface area contributed by atoms with Gasteiger partial charge in [0, 0.05) is 33.4 Å². The number of nitrogens with zero attached hydrogens (tertiary/aromatic N) is 2. The third kappa shape index (κ3) is 3.94. The molecule has 3 heterocycles. The van der Waals surface area contributed by atoms with Crippen LogP contribution in [0.3, 0.4) is 0 Å². The van der Waals surface area contributed by atoms with Gasteiger partial charge in [-0.3, -0.25) is 4.98 Å². The lowest BCUT2D eigenvalue weighted by molar-refractivity contribution is 0.658. The van der Waals surface area contributed by atoms with Crippen LogP contribution in [-0.4, -0.2) is 4.98 Å². The highest BCUT2D eigenvalue weighted by Crippen LogP contribution is 2.67. The van der Waals surface area contributed by atoms with Crippen LogP contribution < -0.4 is 10.2 Å². The summed E-state index contributed by atoms with van der Waals surface area (Å²) in [5.41, 5.74) is 17.5. The summed E-state index contributed by atoms with van der Waals surface area (Å²) in [5.74, 6) is 0. The van der Waals surface area contributed by atoms with Crippen LogP contribution in [0.15, 0.2) is 192 Å². The van der Waals surface area contributed by atoms with Crippen molar-refractivity contribution in [1.82, 2.24) is 10.3 Å². The number of pyridine rings is 1. The number of rotatable bonds is 3. The highest BCUT2D eigenvalue weighted by atomic mass is 32.2. The number of aromatic nitrogens is 1. The van der Waals surface area contributed by atoms with Crippen LogP contribution in [0, 0.1) is 0 Å². The van der Waals surface area contributed by atoms with Crippen molar-refractivity contribution in [1.29, 1.82) is 0 Å². The lowest BCUT2D eigenvalue weighted by atomic mass is 9.70. The second kappa shape index (κ2) is 10.9. The zero-order valence-electron chi connectivity index (χ0n) is 27.6. The molecule has 2 atom stereocenters. The number of fused-ring (bicyclic) bond motifs is 13. The molecule has 7 aromatic rings. The van der Waals surface area contributed by atoms with Crippen molar-refractivity contribution in [2.75, 3.05) is 4.90 Å². The van der Waals surface area contributed by atoms with E-state index < -0.39 is 5.41 Å². The number of para-hydroxylation sites is 2. The Hall–Kier alpha value is -6.10. The number of hydrogen-bond donors (Lipinski definition) is 1. The SMILES string of the molecule is C1=CNC2C(=C1)C1(c3ccccc3-c3c1ccc1c3Sc3ccccc3N1c1ccccc1)c1ccc(-c3ccccc3-c3ccncc3)cc12. The van der Waals surface area contributed by atoms with E-state index >= 15 is 0 Å². The van der Waals surface area contributed by atoms with E-state index in [2.05, 4.69) is 179 Å². The first-order valence-electron chi connectivity index (χ1n) is 17.5. The standard InChI is InChI=1S/C47H31N3S/c1-2-11-32(12-3-1)50-41-18-8-9-19-43(41)51-46-42(50)23-22-39-44(46)35-15-6-7-16-37(35)47(39)38-21-20-31(29-36(38)45-40(47)17-10-26-49-45)34-14-5-4-13-33(34)30-24-27-48-28-25-30/h1-29,45,49H. The van der Waals surface area contributed by atoms with E-state index in [-0.39, 0.29) is 6.04 Å². The molecule has 1 N–H and O–H groups in total. The summed E-state index contributed by atoms with van der Waals surface area (Å²) < 4.78 is 0. The zero-order chi connectivity index (χ0) is 33.5. The molecule has 0 saturated heterocycles. The van der Waals surface area contributed by atoms with Crippen LogP contribution in [-0.2, 0) is 5.41 Å². The molecule has 2 aliphatic heterocycles. The molecule has 2 unspecified atom stereocenters. The van der Waals surface area contributed by atoms with Crippen molar-refractivity contribution in [2.24, 2.45) is 0 Å². The van der Waals surface area contributed by atoms with E-state index in [1.165, 1.54) is 88.1 Å². The summed E-state index contributed by atoms with van der Waals surface area (Å²) in [7, 11) is 0. The maximum atomic E-state index is 4.28. The minimum atomic E-state index is -0.420. The van der Waals surface area contributed by atoms with Gasteiger partial charge in [0.2, 0.25) is 0 Å². The Labute approximate surface area is 301 Å². The molecule has 0 saturated carbocycles. The first-order valence-corrected chi connectivity index (χ1v) is 18.3. The first kappa shape index (κ1) is 28.7. The largest absolute Gasteiger partial charge is 0.380 e. The highest BCUT2D eigenvalue weighted by Gasteiger charge is 2.56. The lowest BCUT2D eigenvalue weighted by Crippen LogP contribution is -2.30. The third-order valence-corrected chi connectivity index (χ3v) is 12.3. The fourth-order valence-electron chi connectivity index (χ4n) is 9.10. The van der Waals surface area contributed by atoms with E-state index in [4.69, 9.17) is 0 Å².